The summed E-state index contributed by atoms with van der Waals surface area (Å²) in [5.41, 5.74) is -0.745. The average molecular weight is 659 g/mol. The lowest BCUT2D eigenvalue weighted by Gasteiger charge is -2.05. The van der Waals surface area contributed by atoms with E-state index in [1.807, 2.05) is 0 Å². The van der Waals surface area contributed by atoms with E-state index in [2.05, 4.69) is 9.97 Å². The van der Waals surface area contributed by atoms with Gasteiger partial charge in [0.05, 0.1) is 28.7 Å². The highest BCUT2D eigenvalue weighted by atomic mass is 32.2. The fourth-order valence-electron chi connectivity index (χ4n) is 4.34. The van der Waals surface area contributed by atoms with Gasteiger partial charge in [-0.05, 0) is 52.0 Å². The highest BCUT2D eigenvalue weighted by molar-refractivity contribution is 7.92. The molecule has 0 aliphatic rings. The summed E-state index contributed by atoms with van der Waals surface area (Å²) in [6, 6.07) is 15.1. The van der Waals surface area contributed by atoms with Crippen LogP contribution in [0.4, 0.5) is 0 Å². The van der Waals surface area contributed by atoms with Crippen LogP contribution in [0, 0.1) is 13.8 Å². The Morgan fingerprint density at radius 3 is 1.49 bits per heavy atom. The summed E-state index contributed by atoms with van der Waals surface area (Å²) in [5.74, 6) is -2.97. The van der Waals surface area contributed by atoms with Crippen LogP contribution in [-0.4, -0.2) is 69.3 Å². The number of ether oxygens (including phenoxy) is 2. The number of H-pyrrole nitrogens is 2. The molecule has 238 valence electrons. The third-order valence-corrected chi connectivity index (χ3v) is 10.2. The van der Waals surface area contributed by atoms with Crippen LogP contribution in [0.15, 0.2) is 80.2 Å². The van der Waals surface area contributed by atoms with E-state index in [1.165, 1.54) is 50.2 Å². The largest absolute Gasteiger partial charge is 0.477 e. The lowest BCUT2D eigenvalue weighted by Crippen LogP contribution is -2.09. The van der Waals surface area contributed by atoms with E-state index in [-0.39, 0.29) is 56.1 Å². The molecule has 4 rings (SSSR count). The number of nitrogens with one attached hydrogen (secondary N) is 2. The Bertz CT molecular complexity index is 1940. The lowest BCUT2D eigenvalue weighted by molar-refractivity contribution is 0.0509. The molecule has 0 bridgehead atoms. The van der Waals surface area contributed by atoms with Gasteiger partial charge in [-0.15, -0.1) is 0 Å². The summed E-state index contributed by atoms with van der Waals surface area (Å²) < 4.78 is 60.5. The molecule has 3 N–H and O–H groups in total. The van der Waals surface area contributed by atoms with Gasteiger partial charge in [0.1, 0.15) is 26.9 Å². The molecular weight excluding hydrogens is 628 g/mol. The molecule has 2 aromatic carbocycles. The van der Waals surface area contributed by atoms with E-state index in [9.17, 15) is 41.1 Å². The SMILES string of the molecule is CCOC(=O)c1[nH]c(C(=O)O)c(S(=O)(=O)c2ccccc2)c1C.CCOC(=O)c1[nH]c(C=O)c(S(=O)(=O)c2ccccc2)c1C. The summed E-state index contributed by atoms with van der Waals surface area (Å²) in [4.78, 5) is 50.6. The number of benzene rings is 2. The fraction of sp³-hybridized carbons (Fsp3) is 0.200. The first-order chi connectivity index (χ1) is 21.2. The summed E-state index contributed by atoms with van der Waals surface area (Å²) >= 11 is 0. The van der Waals surface area contributed by atoms with Crippen molar-refractivity contribution in [3.63, 3.8) is 0 Å². The Morgan fingerprint density at radius 1 is 0.689 bits per heavy atom. The average Bonchev–Trinajstić information content (AvgIpc) is 3.56. The van der Waals surface area contributed by atoms with Gasteiger partial charge < -0.3 is 24.5 Å². The number of aldehydes is 1. The lowest BCUT2D eigenvalue weighted by atomic mass is 10.2. The Labute approximate surface area is 259 Å². The van der Waals surface area contributed by atoms with Crippen molar-refractivity contribution in [3.8, 4) is 0 Å². The van der Waals surface area contributed by atoms with Crippen LogP contribution < -0.4 is 0 Å². The quantitative estimate of drug-likeness (QED) is 0.163. The summed E-state index contributed by atoms with van der Waals surface area (Å²) in [6.45, 7) is 6.29. The first-order valence-corrected chi connectivity index (χ1v) is 16.3. The molecule has 0 fully saturated rings. The summed E-state index contributed by atoms with van der Waals surface area (Å²) in [5, 5.41) is 9.28. The number of carboxylic acids is 1. The minimum absolute atomic E-state index is 0.0182. The van der Waals surface area contributed by atoms with Crippen molar-refractivity contribution < 1.29 is 50.6 Å². The van der Waals surface area contributed by atoms with Crippen LogP contribution in [-0.2, 0) is 29.1 Å². The Kier molecular flexibility index (Phi) is 10.9. The number of carbonyl (C=O) groups excluding carboxylic acids is 3. The Morgan fingerprint density at radius 2 is 1.09 bits per heavy atom. The maximum absolute atomic E-state index is 12.7. The fourth-order valence-corrected chi connectivity index (χ4v) is 7.65. The first-order valence-electron chi connectivity index (χ1n) is 13.3. The van der Waals surface area contributed by atoms with Crippen LogP contribution in [0.5, 0.6) is 0 Å². The number of aromatic carboxylic acids is 1. The molecule has 0 unspecified atom stereocenters. The Hall–Kier alpha value is -5.02. The highest BCUT2D eigenvalue weighted by Crippen LogP contribution is 2.31. The number of carbonyl (C=O) groups is 4. The number of aromatic nitrogens is 2. The van der Waals surface area contributed by atoms with Crippen LogP contribution in [0.2, 0.25) is 0 Å². The molecule has 0 aliphatic heterocycles. The number of rotatable bonds is 10. The minimum atomic E-state index is -4.09. The highest BCUT2D eigenvalue weighted by Gasteiger charge is 2.33. The van der Waals surface area contributed by atoms with E-state index < -0.39 is 48.2 Å². The molecule has 0 atom stereocenters. The number of hydrogen-bond acceptors (Lipinski definition) is 10. The molecule has 0 radical (unpaired) electrons. The molecule has 15 heteroatoms. The molecule has 0 amide bonds. The third kappa shape index (κ3) is 7.05. The van der Waals surface area contributed by atoms with Gasteiger partial charge in [-0.25, -0.2) is 31.2 Å². The maximum Gasteiger partial charge on any atom is 0.355 e. The van der Waals surface area contributed by atoms with Crippen molar-refractivity contribution in [2.75, 3.05) is 13.2 Å². The zero-order chi connectivity index (χ0) is 33.5. The second kappa shape index (κ2) is 14.2. The second-order valence-corrected chi connectivity index (χ2v) is 13.0. The number of carboxylic acid groups (broad SMARTS) is 1. The standard InChI is InChI=1S/C15H15NO6S.C15H15NO5S/c1-3-22-15(19)11-9(2)13(12(16-11)14(17)18)23(20,21)10-7-5-4-6-8-10;1-3-21-15(18)13-10(2)14(12(9-17)16-13)22(19,20)11-7-5-4-6-8-11/h4-8,16H,3H2,1-2H3,(H,17,18);4-9,16H,3H2,1-2H3. The van der Waals surface area contributed by atoms with Gasteiger partial charge in [0.15, 0.2) is 6.29 Å². The summed E-state index contributed by atoms with van der Waals surface area (Å²) in [6.07, 6.45) is 0.381. The predicted octanol–water partition coefficient (Wildman–Crippen LogP) is 4.18. The smallest absolute Gasteiger partial charge is 0.355 e. The van der Waals surface area contributed by atoms with E-state index in [1.54, 1.807) is 38.1 Å². The molecule has 2 aromatic heterocycles. The zero-order valence-corrected chi connectivity index (χ0v) is 26.2. The third-order valence-electron chi connectivity index (χ3n) is 6.35. The monoisotopic (exact) mass is 658 g/mol. The van der Waals surface area contributed by atoms with Crippen molar-refractivity contribution in [2.45, 2.75) is 47.3 Å². The van der Waals surface area contributed by atoms with Gasteiger partial charge in [-0.2, -0.15) is 0 Å². The number of aromatic amines is 2. The number of esters is 2. The van der Waals surface area contributed by atoms with Crippen LogP contribution in [0.3, 0.4) is 0 Å². The number of sulfone groups is 2. The van der Waals surface area contributed by atoms with Crippen molar-refractivity contribution in [3.05, 3.63) is 94.6 Å². The molecule has 45 heavy (non-hydrogen) atoms. The number of hydrogen-bond donors (Lipinski definition) is 3. The van der Waals surface area contributed by atoms with Gasteiger partial charge in [0, 0.05) is 11.1 Å². The topological polar surface area (TPSA) is 207 Å². The molecule has 2 heterocycles. The molecular formula is C30H30N2O11S2. The van der Waals surface area contributed by atoms with Crippen molar-refractivity contribution in [2.24, 2.45) is 0 Å². The van der Waals surface area contributed by atoms with E-state index in [4.69, 9.17) is 9.47 Å². The normalized spacial score (nSPS) is 11.2. The predicted molar refractivity (Wildman–Crippen MR) is 159 cm³/mol. The zero-order valence-electron chi connectivity index (χ0n) is 24.6. The van der Waals surface area contributed by atoms with Gasteiger partial charge >= 0.3 is 17.9 Å². The van der Waals surface area contributed by atoms with Crippen molar-refractivity contribution in [1.29, 1.82) is 0 Å². The van der Waals surface area contributed by atoms with Crippen LogP contribution in [0.1, 0.15) is 66.9 Å². The van der Waals surface area contributed by atoms with Crippen LogP contribution >= 0.6 is 0 Å². The molecule has 13 nitrogen and oxygen atoms in total. The van der Waals surface area contributed by atoms with E-state index in [0.717, 1.165) is 0 Å². The second-order valence-electron chi connectivity index (χ2n) is 9.19. The maximum atomic E-state index is 12.7. The van der Waals surface area contributed by atoms with Crippen LogP contribution in [0.25, 0.3) is 0 Å². The van der Waals surface area contributed by atoms with Gasteiger partial charge in [0.25, 0.3) is 0 Å². The van der Waals surface area contributed by atoms with E-state index in [0.29, 0.717) is 6.29 Å². The molecule has 0 saturated heterocycles. The van der Waals surface area contributed by atoms with Gasteiger partial charge in [-0.1, -0.05) is 36.4 Å². The first kappa shape index (κ1) is 34.5. The minimum Gasteiger partial charge on any atom is -0.477 e. The Balaban J connectivity index is 0.000000246. The van der Waals surface area contributed by atoms with E-state index >= 15 is 0 Å². The molecule has 0 aliphatic carbocycles. The van der Waals surface area contributed by atoms with Gasteiger partial charge in [-0.3, -0.25) is 4.79 Å². The molecule has 4 aromatic rings. The van der Waals surface area contributed by atoms with Gasteiger partial charge in [0.2, 0.25) is 19.7 Å². The van der Waals surface area contributed by atoms with Crippen molar-refractivity contribution in [1.82, 2.24) is 9.97 Å². The summed E-state index contributed by atoms with van der Waals surface area (Å²) in [7, 11) is -8.00. The molecule has 0 saturated carbocycles. The van der Waals surface area contributed by atoms with Crippen molar-refractivity contribution >= 4 is 43.9 Å². The molecule has 0 spiro atoms.